The molecule has 11 nitrogen and oxygen atoms in total. The molecule has 4 atom stereocenters. The van der Waals surface area contributed by atoms with Crippen LogP contribution in [0.3, 0.4) is 0 Å². The Morgan fingerprint density at radius 2 is 1.89 bits per heavy atom. The van der Waals surface area contributed by atoms with Gasteiger partial charge in [0.1, 0.15) is 5.75 Å². The van der Waals surface area contributed by atoms with Crippen LogP contribution in [0, 0.1) is 15.5 Å². The minimum Gasteiger partial charge on any atom is -0.494 e. The molecule has 0 aliphatic carbocycles. The predicted molar refractivity (Wildman–Crippen MR) is 129 cm³/mol. The van der Waals surface area contributed by atoms with E-state index < -0.39 is 40.3 Å². The molecule has 0 radical (unpaired) electrons. The maximum Gasteiger partial charge on any atom is 0.335 e. The number of nitrogens with zero attached hydrogens (tertiary/aromatic N) is 3. The average molecular weight is 495 g/mol. The van der Waals surface area contributed by atoms with Gasteiger partial charge in [-0.15, -0.1) is 0 Å². The number of nitro benzene ring substituents is 1. The van der Waals surface area contributed by atoms with Crippen LogP contribution in [-0.4, -0.2) is 54.2 Å². The molecule has 1 N–H and O–H groups in total. The summed E-state index contributed by atoms with van der Waals surface area (Å²) in [5, 5.41) is 13.9. The highest BCUT2D eigenvalue weighted by Crippen LogP contribution is 2.49. The topological polar surface area (TPSA) is 131 Å². The van der Waals surface area contributed by atoms with Crippen LogP contribution in [0.4, 0.5) is 21.9 Å². The fourth-order valence-corrected chi connectivity index (χ4v) is 5.72. The van der Waals surface area contributed by atoms with E-state index in [0.717, 1.165) is 4.90 Å². The zero-order valence-electron chi connectivity index (χ0n) is 20.1. The summed E-state index contributed by atoms with van der Waals surface area (Å²) in [7, 11) is 0. The van der Waals surface area contributed by atoms with E-state index in [9.17, 15) is 24.5 Å². The number of carbonyl (C=O) groups is 3. The van der Waals surface area contributed by atoms with Gasteiger partial charge < -0.3 is 14.4 Å². The number of nitro groups is 1. The molecule has 5 rings (SSSR count). The molecule has 36 heavy (non-hydrogen) atoms. The number of imide groups is 2. The van der Waals surface area contributed by atoms with Crippen molar-refractivity contribution in [1.29, 1.82) is 0 Å². The number of benzene rings is 2. The van der Waals surface area contributed by atoms with E-state index in [2.05, 4.69) is 5.32 Å². The molecule has 2 aromatic rings. The summed E-state index contributed by atoms with van der Waals surface area (Å²) in [4.78, 5) is 54.6. The first-order valence-corrected chi connectivity index (χ1v) is 11.8. The van der Waals surface area contributed by atoms with E-state index in [1.807, 2.05) is 18.7 Å². The molecular weight excluding hydrogens is 468 g/mol. The lowest BCUT2D eigenvalue weighted by atomic mass is 9.66. The second-order valence-corrected chi connectivity index (χ2v) is 9.29. The smallest absolute Gasteiger partial charge is 0.335 e. The van der Waals surface area contributed by atoms with Crippen molar-refractivity contribution in [3.8, 4) is 5.75 Å². The van der Waals surface area contributed by atoms with Gasteiger partial charge in [0.05, 0.1) is 35.5 Å². The number of morpholine rings is 1. The highest BCUT2D eigenvalue weighted by molar-refractivity contribution is 6.30. The summed E-state index contributed by atoms with van der Waals surface area (Å²) in [5.41, 5.74) is -0.398. The van der Waals surface area contributed by atoms with Crippen molar-refractivity contribution in [2.75, 3.05) is 23.0 Å². The predicted octanol–water partition coefficient (Wildman–Crippen LogP) is 2.80. The van der Waals surface area contributed by atoms with E-state index in [-0.39, 0.29) is 23.9 Å². The van der Waals surface area contributed by atoms with Crippen LogP contribution < -0.4 is 19.9 Å². The first kappa shape index (κ1) is 23.7. The number of rotatable bonds is 4. The number of amides is 4. The Morgan fingerprint density at radius 1 is 1.17 bits per heavy atom. The van der Waals surface area contributed by atoms with Crippen molar-refractivity contribution in [2.45, 2.75) is 45.4 Å². The Labute approximate surface area is 207 Å². The maximum absolute atomic E-state index is 14.2. The quantitative estimate of drug-likeness (QED) is 0.390. The van der Waals surface area contributed by atoms with Crippen molar-refractivity contribution >= 4 is 34.9 Å². The van der Waals surface area contributed by atoms with Crippen LogP contribution in [0.1, 0.15) is 26.3 Å². The highest BCUT2D eigenvalue weighted by Gasteiger charge is 2.65. The highest BCUT2D eigenvalue weighted by atomic mass is 16.6. The lowest BCUT2D eigenvalue weighted by Crippen LogP contribution is -2.76. The summed E-state index contributed by atoms with van der Waals surface area (Å²) in [5.74, 6) is -0.861. The maximum atomic E-state index is 14.2. The molecule has 1 spiro atoms. The van der Waals surface area contributed by atoms with Crippen LogP contribution in [-0.2, 0) is 20.7 Å². The molecule has 0 aromatic heterocycles. The first-order chi connectivity index (χ1) is 17.2. The molecule has 3 heterocycles. The average Bonchev–Trinajstić information content (AvgIpc) is 2.83. The van der Waals surface area contributed by atoms with Gasteiger partial charge >= 0.3 is 6.03 Å². The van der Waals surface area contributed by atoms with E-state index in [4.69, 9.17) is 9.47 Å². The summed E-state index contributed by atoms with van der Waals surface area (Å²) in [6.07, 6.45) is -0.860. The number of non-ortho nitro benzene ring substituents is 1. The zero-order valence-corrected chi connectivity index (χ0v) is 20.1. The lowest BCUT2D eigenvalue weighted by Gasteiger charge is -2.56. The van der Waals surface area contributed by atoms with Crippen molar-refractivity contribution in [2.24, 2.45) is 5.41 Å². The molecule has 2 fully saturated rings. The first-order valence-electron chi connectivity index (χ1n) is 11.8. The van der Waals surface area contributed by atoms with Gasteiger partial charge in [0.15, 0.2) is 5.41 Å². The Kier molecular flexibility index (Phi) is 5.67. The number of anilines is 2. The summed E-state index contributed by atoms with van der Waals surface area (Å²) < 4.78 is 11.5. The Bertz CT molecular complexity index is 1260. The Morgan fingerprint density at radius 3 is 2.56 bits per heavy atom. The van der Waals surface area contributed by atoms with E-state index in [0.29, 0.717) is 30.2 Å². The van der Waals surface area contributed by atoms with Crippen LogP contribution in [0.5, 0.6) is 5.75 Å². The number of carbonyl (C=O) groups excluding carboxylic acids is 3. The number of hydrogen-bond acceptors (Lipinski definition) is 8. The molecule has 4 unspecified atom stereocenters. The third-order valence-corrected chi connectivity index (χ3v) is 7.06. The third-order valence-electron chi connectivity index (χ3n) is 7.06. The van der Waals surface area contributed by atoms with Gasteiger partial charge in [-0.1, -0.05) is 0 Å². The third kappa shape index (κ3) is 3.49. The van der Waals surface area contributed by atoms with Crippen LogP contribution >= 0.6 is 0 Å². The molecule has 11 heteroatoms. The van der Waals surface area contributed by atoms with Gasteiger partial charge in [0, 0.05) is 30.8 Å². The van der Waals surface area contributed by atoms with E-state index in [1.54, 1.807) is 37.3 Å². The number of urea groups is 1. The van der Waals surface area contributed by atoms with E-state index >= 15 is 0 Å². The zero-order chi connectivity index (χ0) is 25.8. The fraction of sp³-hybridized carbons (Fsp3) is 0.400. The summed E-state index contributed by atoms with van der Waals surface area (Å²) >= 11 is 0. The van der Waals surface area contributed by atoms with Gasteiger partial charge in [0.2, 0.25) is 5.91 Å². The number of hydrogen-bond donors (Lipinski definition) is 1. The van der Waals surface area contributed by atoms with Crippen molar-refractivity contribution in [3.05, 3.63) is 58.1 Å². The Balaban J connectivity index is 1.65. The standard InChI is InChI=1S/C25H26N4O7/c1-4-35-19-8-5-17(6-9-19)28-23(31)25(22(30)26-24(28)32)12-16-11-18(29(33)34)7-10-20(16)27-13-14(2)36-15(3)21(25)27/h5-11,14-15,21H,4,12-13H2,1-3H3,(H,26,30,32). The number of nitrogens with one attached hydrogen (secondary N) is 1. The lowest BCUT2D eigenvalue weighted by molar-refractivity contribution is -0.384. The van der Waals surface area contributed by atoms with E-state index in [1.165, 1.54) is 12.1 Å². The Hall–Kier alpha value is -3.99. The molecule has 3 aliphatic rings. The molecule has 2 aromatic carbocycles. The number of fused-ring (bicyclic) bond motifs is 4. The van der Waals surface area contributed by atoms with Crippen molar-refractivity contribution in [3.63, 3.8) is 0 Å². The van der Waals surface area contributed by atoms with Crippen LogP contribution in [0.2, 0.25) is 0 Å². The minimum absolute atomic E-state index is 0.112. The van der Waals surface area contributed by atoms with Crippen LogP contribution in [0.25, 0.3) is 0 Å². The minimum atomic E-state index is -1.74. The molecule has 3 aliphatic heterocycles. The van der Waals surface area contributed by atoms with Gasteiger partial charge in [-0.25, -0.2) is 9.69 Å². The molecule has 188 valence electrons. The molecular formula is C25H26N4O7. The largest absolute Gasteiger partial charge is 0.494 e. The molecule has 0 bridgehead atoms. The summed E-state index contributed by atoms with van der Waals surface area (Å²) in [6, 6.07) is 9.32. The van der Waals surface area contributed by atoms with Gasteiger partial charge in [0.25, 0.3) is 11.6 Å². The molecule has 2 saturated heterocycles. The normalized spacial score (nSPS) is 27.4. The van der Waals surface area contributed by atoms with Gasteiger partial charge in [-0.3, -0.25) is 25.0 Å². The van der Waals surface area contributed by atoms with Crippen LogP contribution in [0.15, 0.2) is 42.5 Å². The molecule has 0 saturated carbocycles. The fourth-order valence-electron chi connectivity index (χ4n) is 5.72. The van der Waals surface area contributed by atoms with Gasteiger partial charge in [-0.2, -0.15) is 0 Å². The second kappa shape index (κ2) is 8.59. The second-order valence-electron chi connectivity index (χ2n) is 9.29. The van der Waals surface area contributed by atoms with Gasteiger partial charge in [-0.05, 0) is 56.7 Å². The molecule has 4 amide bonds. The van der Waals surface area contributed by atoms with Crippen molar-refractivity contribution < 1.29 is 28.8 Å². The number of ether oxygens (including phenoxy) is 2. The number of barbiturate groups is 1. The summed E-state index contributed by atoms with van der Waals surface area (Å²) in [6.45, 7) is 6.36. The monoisotopic (exact) mass is 494 g/mol. The van der Waals surface area contributed by atoms with Crippen molar-refractivity contribution in [1.82, 2.24) is 5.32 Å². The SMILES string of the molecule is CCOc1ccc(N2C(=O)NC(=O)C3(Cc4cc([N+](=O)[O-])ccc4N4CC(C)OC(C)C43)C2=O)cc1.